The average Bonchev–Trinajstić information content (AvgIpc) is 2.84. The number of benzene rings is 2. The number of hydrogen-bond acceptors (Lipinski definition) is 5. The predicted octanol–water partition coefficient (Wildman–Crippen LogP) is 1.74. The Labute approximate surface area is 210 Å². The molecule has 3 rings (SSSR count). The Bertz CT molecular complexity index is 1220. The summed E-state index contributed by atoms with van der Waals surface area (Å²) in [6, 6.07) is 11.1. The van der Waals surface area contributed by atoms with E-state index in [4.69, 9.17) is 6.42 Å². The Morgan fingerprint density at radius 1 is 1.11 bits per heavy atom. The summed E-state index contributed by atoms with van der Waals surface area (Å²) < 4.78 is 54.6. The van der Waals surface area contributed by atoms with E-state index in [-0.39, 0.29) is 39.0 Å². The lowest BCUT2D eigenvalue weighted by Gasteiger charge is -2.40. The number of carbonyl (C=O) groups excluding carboxylic acids is 2. The molecule has 0 aromatic heterocycles. The van der Waals surface area contributed by atoms with E-state index in [2.05, 4.69) is 16.6 Å². The number of halogens is 2. The van der Waals surface area contributed by atoms with Gasteiger partial charge in [0.25, 0.3) is 6.43 Å². The number of nitrogens with one attached hydrogen (secondary N) is 2. The molecule has 1 heterocycles. The van der Waals surface area contributed by atoms with Crippen molar-refractivity contribution in [2.75, 3.05) is 39.0 Å². The van der Waals surface area contributed by atoms with Crippen molar-refractivity contribution in [3.8, 4) is 12.3 Å². The van der Waals surface area contributed by atoms with E-state index in [1.807, 2.05) is 30.3 Å². The smallest absolute Gasteiger partial charge is 0.258 e. The van der Waals surface area contributed by atoms with E-state index in [1.165, 1.54) is 0 Å². The Hall–Kier alpha value is -3.07. The minimum Gasteiger partial charge on any atom is -0.346 e. The summed E-state index contributed by atoms with van der Waals surface area (Å²) in [7, 11) is -3.77. The van der Waals surface area contributed by atoms with Crippen molar-refractivity contribution in [2.24, 2.45) is 0 Å². The average molecular weight is 521 g/mol. The van der Waals surface area contributed by atoms with Crippen molar-refractivity contribution in [2.45, 2.75) is 31.4 Å². The van der Waals surface area contributed by atoms with Crippen LogP contribution in [-0.2, 0) is 19.6 Å². The highest BCUT2D eigenvalue weighted by molar-refractivity contribution is 7.88. The van der Waals surface area contributed by atoms with Gasteiger partial charge < -0.3 is 10.6 Å². The maximum Gasteiger partial charge on any atom is 0.258 e. The van der Waals surface area contributed by atoms with E-state index in [9.17, 15) is 26.8 Å². The topological polar surface area (TPSA) is 98.8 Å². The molecule has 1 saturated heterocycles. The van der Waals surface area contributed by atoms with Gasteiger partial charge in [0.15, 0.2) is 0 Å². The molecule has 2 N–H and O–H groups in total. The molecule has 11 heteroatoms. The number of amides is 2. The van der Waals surface area contributed by atoms with Crippen molar-refractivity contribution in [1.82, 2.24) is 19.8 Å². The standard InChI is InChI=1S/C25H30F2N4O4S/c1-3-13-28-22(32)16-29-23(33)17-31(36(2,34)35)19-11-14-30(15-12-19)24(25(26)27)21-10-6-8-18-7-4-5-9-20(18)21/h1,4-10,19,24-25H,11-17H2,2H3,(H,28,32)(H,29,33). The van der Waals surface area contributed by atoms with Crippen LogP contribution in [0.4, 0.5) is 8.78 Å². The van der Waals surface area contributed by atoms with E-state index in [0.29, 0.717) is 5.56 Å². The lowest BCUT2D eigenvalue weighted by Crippen LogP contribution is -2.52. The quantitative estimate of drug-likeness (QED) is 0.465. The van der Waals surface area contributed by atoms with Crippen LogP contribution in [0.25, 0.3) is 10.8 Å². The van der Waals surface area contributed by atoms with Gasteiger partial charge in [-0.15, -0.1) is 6.42 Å². The van der Waals surface area contributed by atoms with Gasteiger partial charge in [0.1, 0.15) is 0 Å². The summed E-state index contributed by atoms with van der Waals surface area (Å²) in [5.74, 6) is 1.10. The molecule has 2 aromatic rings. The number of rotatable bonds is 10. The monoisotopic (exact) mass is 520 g/mol. The molecule has 2 amide bonds. The van der Waals surface area contributed by atoms with Crippen molar-refractivity contribution in [3.05, 3.63) is 48.0 Å². The summed E-state index contributed by atoms with van der Waals surface area (Å²) in [6.45, 7) is -0.303. The van der Waals surface area contributed by atoms with Gasteiger partial charge in [-0.2, -0.15) is 4.31 Å². The highest BCUT2D eigenvalue weighted by Crippen LogP contribution is 2.35. The number of terminal acetylenes is 1. The van der Waals surface area contributed by atoms with Gasteiger partial charge in [0, 0.05) is 19.1 Å². The van der Waals surface area contributed by atoms with Gasteiger partial charge in [-0.05, 0) is 29.2 Å². The first kappa shape index (κ1) is 27.5. The summed E-state index contributed by atoms with van der Waals surface area (Å²) in [4.78, 5) is 25.6. The Morgan fingerprint density at radius 2 is 1.78 bits per heavy atom. The number of piperidine rings is 1. The number of fused-ring (bicyclic) bond motifs is 1. The zero-order valence-corrected chi connectivity index (χ0v) is 20.8. The van der Waals surface area contributed by atoms with Crippen molar-refractivity contribution < 1.29 is 26.8 Å². The minimum atomic E-state index is -3.77. The van der Waals surface area contributed by atoms with Crippen LogP contribution in [0.1, 0.15) is 24.4 Å². The van der Waals surface area contributed by atoms with Crippen molar-refractivity contribution in [3.63, 3.8) is 0 Å². The van der Waals surface area contributed by atoms with E-state index < -0.39 is 46.9 Å². The third-order valence-corrected chi connectivity index (χ3v) is 7.52. The van der Waals surface area contributed by atoms with Gasteiger partial charge in [-0.3, -0.25) is 14.5 Å². The van der Waals surface area contributed by atoms with Gasteiger partial charge in [-0.1, -0.05) is 48.4 Å². The molecule has 1 aliphatic rings. The predicted molar refractivity (Wildman–Crippen MR) is 134 cm³/mol. The lowest BCUT2D eigenvalue weighted by atomic mass is 9.95. The Balaban J connectivity index is 1.68. The van der Waals surface area contributed by atoms with Crippen LogP contribution in [-0.4, -0.2) is 80.9 Å². The number of alkyl halides is 2. The fraction of sp³-hybridized carbons (Fsp3) is 0.440. The van der Waals surface area contributed by atoms with E-state index in [1.54, 1.807) is 17.0 Å². The fourth-order valence-electron chi connectivity index (χ4n) is 4.56. The van der Waals surface area contributed by atoms with Crippen LogP contribution in [0.3, 0.4) is 0 Å². The molecule has 1 fully saturated rings. The highest BCUT2D eigenvalue weighted by Gasteiger charge is 2.37. The highest BCUT2D eigenvalue weighted by atomic mass is 32.2. The van der Waals surface area contributed by atoms with Crippen LogP contribution in [0.5, 0.6) is 0 Å². The molecule has 0 aliphatic carbocycles. The third kappa shape index (κ3) is 7.00. The summed E-state index contributed by atoms with van der Waals surface area (Å²) in [6.07, 6.45) is 4.01. The zero-order chi connectivity index (χ0) is 26.3. The SMILES string of the molecule is C#CCNC(=O)CNC(=O)CN(C1CCN(C(c2cccc3ccccc23)C(F)F)CC1)S(C)(=O)=O. The normalized spacial score (nSPS) is 16.1. The molecule has 0 saturated carbocycles. The fourth-order valence-corrected chi connectivity index (χ4v) is 5.66. The maximum absolute atomic E-state index is 14.3. The summed E-state index contributed by atoms with van der Waals surface area (Å²) in [5.41, 5.74) is 0.531. The first-order chi connectivity index (χ1) is 17.1. The second-order valence-electron chi connectivity index (χ2n) is 8.68. The molecule has 1 aliphatic heterocycles. The molecule has 2 aromatic carbocycles. The molecule has 194 valence electrons. The first-order valence-electron chi connectivity index (χ1n) is 11.6. The van der Waals surface area contributed by atoms with Crippen LogP contribution in [0.2, 0.25) is 0 Å². The zero-order valence-electron chi connectivity index (χ0n) is 20.0. The van der Waals surface area contributed by atoms with E-state index >= 15 is 0 Å². The van der Waals surface area contributed by atoms with Crippen LogP contribution in [0.15, 0.2) is 42.5 Å². The maximum atomic E-state index is 14.3. The van der Waals surface area contributed by atoms with Crippen molar-refractivity contribution >= 4 is 32.6 Å². The van der Waals surface area contributed by atoms with Gasteiger partial charge in [0.2, 0.25) is 21.8 Å². The molecule has 1 unspecified atom stereocenters. The molecule has 0 radical (unpaired) electrons. The second kappa shape index (κ2) is 12.3. The van der Waals surface area contributed by atoms with Crippen LogP contribution >= 0.6 is 0 Å². The van der Waals surface area contributed by atoms with Crippen LogP contribution in [0, 0.1) is 12.3 Å². The Kier molecular flexibility index (Phi) is 9.37. The second-order valence-corrected chi connectivity index (χ2v) is 10.6. The third-order valence-electron chi connectivity index (χ3n) is 6.24. The number of hydrogen-bond donors (Lipinski definition) is 2. The Morgan fingerprint density at radius 3 is 2.42 bits per heavy atom. The summed E-state index contributed by atoms with van der Waals surface area (Å²) in [5, 5.41) is 6.40. The molecule has 1 atom stereocenters. The number of carbonyl (C=O) groups is 2. The van der Waals surface area contributed by atoms with Crippen molar-refractivity contribution in [1.29, 1.82) is 0 Å². The number of nitrogens with zero attached hydrogens (tertiary/aromatic N) is 2. The molecule has 36 heavy (non-hydrogen) atoms. The first-order valence-corrected chi connectivity index (χ1v) is 13.4. The molecule has 0 bridgehead atoms. The largest absolute Gasteiger partial charge is 0.346 e. The van der Waals surface area contributed by atoms with E-state index in [0.717, 1.165) is 21.3 Å². The summed E-state index contributed by atoms with van der Waals surface area (Å²) >= 11 is 0. The molecular formula is C25H30F2N4O4S. The molecular weight excluding hydrogens is 490 g/mol. The minimum absolute atomic E-state index is 0.0150. The van der Waals surface area contributed by atoms with Gasteiger partial charge in [-0.25, -0.2) is 17.2 Å². The number of likely N-dealkylation sites (tertiary alicyclic amines) is 1. The lowest BCUT2D eigenvalue weighted by molar-refractivity contribution is -0.126. The number of sulfonamides is 1. The molecule has 0 spiro atoms. The van der Waals surface area contributed by atoms with Gasteiger partial charge in [0.05, 0.1) is 31.9 Å². The van der Waals surface area contributed by atoms with Crippen LogP contribution < -0.4 is 10.6 Å². The molecule has 8 nitrogen and oxygen atoms in total. The van der Waals surface area contributed by atoms with Gasteiger partial charge >= 0.3 is 0 Å².